The van der Waals surface area contributed by atoms with E-state index in [0.717, 1.165) is 10.6 Å². The Balaban J connectivity index is 2.23. The molecule has 0 spiro atoms. The zero-order chi connectivity index (χ0) is 15.6. The molecular weight excluding hydrogens is 329 g/mol. The molecule has 0 saturated heterocycles. The van der Waals surface area contributed by atoms with E-state index in [4.69, 9.17) is 23.2 Å². The third-order valence-corrected chi connectivity index (χ3v) is 4.52. The van der Waals surface area contributed by atoms with E-state index < -0.39 is 0 Å². The number of carbonyl (C=O) groups is 1. The van der Waals surface area contributed by atoms with E-state index >= 15 is 0 Å². The second kappa shape index (κ2) is 6.73. The monoisotopic (exact) mass is 343 g/mol. The Morgan fingerprint density at radius 3 is 2.67 bits per heavy atom. The van der Waals surface area contributed by atoms with E-state index in [-0.39, 0.29) is 5.91 Å². The van der Waals surface area contributed by atoms with E-state index in [9.17, 15) is 4.79 Å². The first-order chi connectivity index (χ1) is 9.93. The van der Waals surface area contributed by atoms with Gasteiger partial charge < -0.3 is 4.90 Å². The van der Waals surface area contributed by atoms with Gasteiger partial charge in [-0.25, -0.2) is 0 Å². The van der Waals surface area contributed by atoms with Crippen molar-refractivity contribution >= 4 is 40.9 Å². The molecule has 2 rings (SSSR count). The van der Waals surface area contributed by atoms with E-state index in [0.29, 0.717) is 22.2 Å². The van der Waals surface area contributed by atoms with Crippen LogP contribution in [0, 0.1) is 0 Å². The zero-order valence-corrected chi connectivity index (χ0v) is 14.3. The number of aromatic nitrogens is 2. The molecule has 0 bridgehead atoms. The predicted molar refractivity (Wildman–Crippen MR) is 87.2 cm³/mol. The Morgan fingerprint density at radius 2 is 2.10 bits per heavy atom. The van der Waals surface area contributed by atoms with Crippen LogP contribution >= 0.6 is 35.0 Å². The number of carbonyl (C=O) groups excluding carboxylic acids is 1. The topological polar surface area (TPSA) is 38.1 Å². The van der Waals surface area contributed by atoms with Crippen LogP contribution in [-0.2, 0) is 13.6 Å². The predicted octanol–water partition coefficient (Wildman–Crippen LogP) is 3.72. The van der Waals surface area contributed by atoms with E-state index in [2.05, 4.69) is 5.10 Å². The Kier molecular flexibility index (Phi) is 5.19. The normalized spacial score (nSPS) is 10.7. The zero-order valence-electron chi connectivity index (χ0n) is 11.9. The van der Waals surface area contributed by atoms with Crippen LogP contribution < -0.4 is 0 Å². The third kappa shape index (κ3) is 3.54. The van der Waals surface area contributed by atoms with E-state index in [1.807, 2.05) is 12.3 Å². The average molecular weight is 344 g/mol. The molecule has 0 atom stereocenters. The van der Waals surface area contributed by atoms with Crippen LogP contribution in [0.15, 0.2) is 29.3 Å². The Hall–Kier alpha value is -1.17. The Labute approximate surface area is 138 Å². The summed E-state index contributed by atoms with van der Waals surface area (Å²) < 4.78 is 1.66. The third-order valence-electron chi connectivity index (χ3n) is 3.15. The SMILES string of the molecule is CSc1ccc(Cl)c(C(=O)N(C)Cc2c(Cl)cnn2C)c1. The summed E-state index contributed by atoms with van der Waals surface area (Å²) in [7, 11) is 3.51. The minimum atomic E-state index is -0.145. The summed E-state index contributed by atoms with van der Waals surface area (Å²) in [4.78, 5) is 15.1. The standard InChI is InChI=1S/C14H15Cl2N3OS/c1-18(8-13-12(16)7-17-19(13)2)14(20)10-6-9(21-3)4-5-11(10)15/h4-7H,8H2,1-3H3. The summed E-state index contributed by atoms with van der Waals surface area (Å²) in [5.41, 5.74) is 1.27. The molecule has 0 aliphatic heterocycles. The summed E-state index contributed by atoms with van der Waals surface area (Å²) in [6.45, 7) is 0.369. The fraction of sp³-hybridized carbons (Fsp3) is 0.286. The number of benzene rings is 1. The van der Waals surface area contributed by atoms with Crippen molar-refractivity contribution in [2.24, 2.45) is 7.05 Å². The first kappa shape index (κ1) is 16.2. The highest BCUT2D eigenvalue weighted by Gasteiger charge is 2.18. The second-order valence-corrected chi connectivity index (χ2v) is 6.26. The number of hydrogen-bond acceptors (Lipinski definition) is 3. The molecule has 0 saturated carbocycles. The van der Waals surface area contributed by atoms with Crippen molar-refractivity contribution in [3.63, 3.8) is 0 Å². The quantitative estimate of drug-likeness (QED) is 0.794. The fourth-order valence-corrected chi connectivity index (χ4v) is 2.78. The number of rotatable bonds is 4. The Bertz CT molecular complexity index is 653. The lowest BCUT2D eigenvalue weighted by atomic mass is 10.2. The molecule has 112 valence electrons. The van der Waals surface area contributed by atoms with Gasteiger partial charge in [-0.1, -0.05) is 23.2 Å². The van der Waals surface area contributed by atoms with Gasteiger partial charge in [0.15, 0.2) is 0 Å². The van der Waals surface area contributed by atoms with Gasteiger partial charge >= 0.3 is 0 Å². The Morgan fingerprint density at radius 1 is 1.38 bits per heavy atom. The number of nitrogens with zero attached hydrogens (tertiary/aromatic N) is 3. The smallest absolute Gasteiger partial charge is 0.255 e. The molecule has 0 aliphatic carbocycles. The highest BCUT2D eigenvalue weighted by atomic mass is 35.5. The van der Waals surface area contributed by atoms with Crippen LogP contribution in [0.25, 0.3) is 0 Å². The first-order valence-corrected chi connectivity index (χ1v) is 8.17. The lowest BCUT2D eigenvalue weighted by Gasteiger charge is -2.18. The first-order valence-electron chi connectivity index (χ1n) is 6.19. The maximum absolute atomic E-state index is 12.5. The van der Waals surface area contributed by atoms with Crippen LogP contribution in [0.3, 0.4) is 0 Å². The molecule has 0 radical (unpaired) electrons. The minimum absolute atomic E-state index is 0.145. The van der Waals surface area contributed by atoms with E-state index in [1.54, 1.807) is 53.8 Å². The number of hydrogen-bond donors (Lipinski definition) is 0. The summed E-state index contributed by atoms with van der Waals surface area (Å²) >= 11 is 13.8. The molecule has 1 aromatic heterocycles. The molecule has 1 heterocycles. The van der Waals surface area contributed by atoms with Crippen molar-refractivity contribution in [2.45, 2.75) is 11.4 Å². The summed E-state index contributed by atoms with van der Waals surface area (Å²) in [6, 6.07) is 5.43. The molecule has 4 nitrogen and oxygen atoms in total. The number of thioether (sulfide) groups is 1. The molecule has 0 fully saturated rings. The van der Waals surface area contributed by atoms with Crippen molar-refractivity contribution in [3.05, 3.63) is 45.7 Å². The van der Waals surface area contributed by atoms with Crippen LogP contribution in [0.4, 0.5) is 0 Å². The van der Waals surface area contributed by atoms with Gasteiger partial charge in [0.25, 0.3) is 5.91 Å². The van der Waals surface area contributed by atoms with Gasteiger partial charge in [0.05, 0.1) is 34.0 Å². The van der Waals surface area contributed by atoms with Gasteiger partial charge in [-0.15, -0.1) is 11.8 Å². The van der Waals surface area contributed by atoms with Crippen molar-refractivity contribution in [1.82, 2.24) is 14.7 Å². The van der Waals surface area contributed by atoms with Gasteiger partial charge in [0.2, 0.25) is 0 Å². The van der Waals surface area contributed by atoms with Gasteiger partial charge in [-0.05, 0) is 24.5 Å². The lowest BCUT2D eigenvalue weighted by Crippen LogP contribution is -2.27. The lowest BCUT2D eigenvalue weighted by molar-refractivity contribution is 0.0782. The molecular formula is C14H15Cl2N3OS. The van der Waals surface area contributed by atoms with Crippen LogP contribution in [0.5, 0.6) is 0 Å². The van der Waals surface area contributed by atoms with Gasteiger partial charge in [0, 0.05) is 19.0 Å². The summed E-state index contributed by atoms with van der Waals surface area (Å²) in [5, 5.41) is 5.05. The van der Waals surface area contributed by atoms with Crippen molar-refractivity contribution in [2.75, 3.05) is 13.3 Å². The minimum Gasteiger partial charge on any atom is -0.336 e. The van der Waals surface area contributed by atoms with Gasteiger partial charge in [-0.3, -0.25) is 9.48 Å². The summed E-state index contributed by atoms with van der Waals surface area (Å²) in [5.74, 6) is -0.145. The van der Waals surface area contributed by atoms with Crippen molar-refractivity contribution in [3.8, 4) is 0 Å². The molecule has 1 amide bonds. The fourth-order valence-electron chi connectivity index (χ4n) is 1.91. The number of aryl methyl sites for hydroxylation is 1. The van der Waals surface area contributed by atoms with Gasteiger partial charge in [-0.2, -0.15) is 5.10 Å². The molecule has 2 aromatic rings. The van der Waals surface area contributed by atoms with Crippen LogP contribution in [-0.4, -0.2) is 33.9 Å². The van der Waals surface area contributed by atoms with Crippen LogP contribution in [0.1, 0.15) is 16.1 Å². The van der Waals surface area contributed by atoms with Crippen molar-refractivity contribution < 1.29 is 4.79 Å². The highest BCUT2D eigenvalue weighted by Crippen LogP contribution is 2.25. The average Bonchev–Trinajstić information content (AvgIpc) is 2.79. The van der Waals surface area contributed by atoms with E-state index in [1.165, 1.54) is 0 Å². The number of halogens is 2. The molecule has 0 unspecified atom stereocenters. The molecule has 21 heavy (non-hydrogen) atoms. The van der Waals surface area contributed by atoms with Crippen LogP contribution in [0.2, 0.25) is 10.0 Å². The molecule has 0 aliphatic rings. The summed E-state index contributed by atoms with van der Waals surface area (Å²) in [6.07, 6.45) is 3.52. The highest BCUT2D eigenvalue weighted by molar-refractivity contribution is 7.98. The maximum atomic E-state index is 12.5. The van der Waals surface area contributed by atoms with Crippen molar-refractivity contribution in [1.29, 1.82) is 0 Å². The second-order valence-electron chi connectivity index (χ2n) is 4.57. The number of amides is 1. The maximum Gasteiger partial charge on any atom is 0.255 e. The molecule has 7 heteroatoms. The molecule has 0 N–H and O–H groups in total. The van der Waals surface area contributed by atoms with Gasteiger partial charge in [0.1, 0.15) is 0 Å². The largest absolute Gasteiger partial charge is 0.336 e. The molecule has 1 aromatic carbocycles.